The molecule has 3 rings (SSSR count). The highest BCUT2D eigenvalue weighted by molar-refractivity contribution is 5.90. The van der Waals surface area contributed by atoms with E-state index in [1.165, 1.54) is 0 Å². The highest BCUT2D eigenvalue weighted by atomic mass is 16.4. The zero-order chi connectivity index (χ0) is 14.3. The second-order valence-electron chi connectivity index (χ2n) is 5.50. The minimum atomic E-state index is -0.799. The number of pyridine rings is 1. The molecule has 0 spiro atoms. The van der Waals surface area contributed by atoms with Gasteiger partial charge in [0.25, 0.3) is 0 Å². The van der Waals surface area contributed by atoms with Crippen molar-refractivity contribution in [3.63, 3.8) is 0 Å². The lowest BCUT2D eigenvalue weighted by Gasteiger charge is -2.23. The zero-order valence-corrected chi connectivity index (χ0v) is 11.2. The van der Waals surface area contributed by atoms with E-state index in [0.717, 1.165) is 18.5 Å². The van der Waals surface area contributed by atoms with Crippen molar-refractivity contribution in [2.45, 2.75) is 38.3 Å². The second kappa shape index (κ2) is 4.77. The molecule has 106 valence electrons. The van der Waals surface area contributed by atoms with Crippen molar-refractivity contribution in [1.29, 1.82) is 0 Å². The van der Waals surface area contributed by atoms with Crippen LogP contribution in [-0.4, -0.2) is 39.1 Å². The molecule has 2 amide bonds. The van der Waals surface area contributed by atoms with Gasteiger partial charge in [-0.2, -0.15) is 0 Å². The zero-order valence-electron chi connectivity index (χ0n) is 11.2. The Morgan fingerprint density at radius 3 is 2.80 bits per heavy atom. The van der Waals surface area contributed by atoms with Gasteiger partial charge in [-0.15, -0.1) is 0 Å². The average Bonchev–Trinajstić information content (AvgIpc) is 2.99. The van der Waals surface area contributed by atoms with Crippen LogP contribution < -0.4 is 5.32 Å². The topological polar surface area (TPSA) is 82.5 Å². The van der Waals surface area contributed by atoms with Crippen LogP contribution in [0.2, 0.25) is 0 Å². The number of hydrogen-bond acceptors (Lipinski definition) is 3. The standard InChI is InChI=1S/C14H17N3O3/c1-8-2-3-9(7-15-8)16-14(20)17-10-4-5-12(17)11(6-10)13(18)19/h2-3,7,10-12H,4-6H2,1H3,(H,16,20)(H,18,19). The van der Waals surface area contributed by atoms with Crippen LogP contribution in [0.4, 0.5) is 10.5 Å². The molecular weight excluding hydrogens is 258 g/mol. The monoisotopic (exact) mass is 275 g/mol. The lowest BCUT2D eigenvalue weighted by molar-refractivity contribution is -0.142. The molecule has 1 aromatic rings. The lowest BCUT2D eigenvalue weighted by Crippen LogP contribution is -2.40. The van der Waals surface area contributed by atoms with Gasteiger partial charge >= 0.3 is 12.0 Å². The first-order chi connectivity index (χ1) is 9.56. The Labute approximate surface area is 116 Å². The Morgan fingerprint density at radius 1 is 1.40 bits per heavy atom. The molecule has 2 N–H and O–H groups in total. The minimum Gasteiger partial charge on any atom is -0.481 e. The number of hydrogen-bond donors (Lipinski definition) is 2. The fraction of sp³-hybridized carbons (Fsp3) is 0.500. The highest BCUT2D eigenvalue weighted by Crippen LogP contribution is 2.42. The number of carbonyl (C=O) groups excluding carboxylic acids is 1. The van der Waals surface area contributed by atoms with Gasteiger partial charge in [-0.1, -0.05) is 0 Å². The summed E-state index contributed by atoms with van der Waals surface area (Å²) < 4.78 is 0. The largest absolute Gasteiger partial charge is 0.481 e. The molecule has 0 aliphatic carbocycles. The normalized spacial score (nSPS) is 27.6. The maximum absolute atomic E-state index is 12.3. The maximum Gasteiger partial charge on any atom is 0.322 e. The van der Waals surface area contributed by atoms with Crippen LogP contribution in [0.1, 0.15) is 25.0 Å². The number of anilines is 1. The molecule has 3 heterocycles. The van der Waals surface area contributed by atoms with Gasteiger partial charge < -0.3 is 15.3 Å². The van der Waals surface area contributed by atoms with E-state index in [2.05, 4.69) is 10.3 Å². The van der Waals surface area contributed by atoms with Crippen molar-refractivity contribution in [3.05, 3.63) is 24.0 Å². The van der Waals surface area contributed by atoms with Gasteiger partial charge in [0.15, 0.2) is 0 Å². The number of carboxylic acids is 1. The van der Waals surface area contributed by atoms with Gasteiger partial charge in [0.1, 0.15) is 0 Å². The molecule has 0 saturated carbocycles. The summed E-state index contributed by atoms with van der Waals surface area (Å²) >= 11 is 0. The lowest BCUT2D eigenvalue weighted by atomic mass is 9.89. The van der Waals surface area contributed by atoms with Gasteiger partial charge in [-0.05, 0) is 38.3 Å². The quantitative estimate of drug-likeness (QED) is 0.863. The van der Waals surface area contributed by atoms with E-state index >= 15 is 0 Å². The molecule has 20 heavy (non-hydrogen) atoms. The number of aryl methyl sites for hydroxylation is 1. The number of amides is 2. The van der Waals surface area contributed by atoms with Crippen molar-refractivity contribution in [1.82, 2.24) is 9.88 Å². The Kier molecular flexibility index (Phi) is 3.08. The molecule has 0 aromatic carbocycles. The first-order valence-corrected chi connectivity index (χ1v) is 6.81. The average molecular weight is 275 g/mol. The number of urea groups is 1. The van der Waals surface area contributed by atoms with Gasteiger partial charge in [-0.3, -0.25) is 9.78 Å². The van der Waals surface area contributed by atoms with E-state index in [4.69, 9.17) is 0 Å². The van der Waals surface area contributed by atoms with E-state index in [1.807, 2.05) is 13.0 Å². The third-order valence-corrected chi connectivity index (χ3v) is 4.25. The van der Waals surface area contributed by atoms with E-state index in [9.17, 15) is 14.7 Å². The highest BCUT2D eigenvalue weighted by Gasteiger charge is 2.51. The summed E-state index contributed by atoms with van der Waals surface area (Å²) in [5, 5.41) is 12.0. The predicted molar refractivity (Wildman–Crippen MR) is 72.4 cm³/mol. The maximum atomic E-state index is 12.3. The number of carbonyl (C=O) groups is 2. The molecule has 2 saturated heterocycles. The summed E-state index contributed by atoms with van der Waals surface area (Å²) in [5.41, 5.74) is 1.52. The fourth-order valence-electron chi connectivity index (χ4n) is 3.30. The molecule has 2 bridgehead atoms. The SMILES string of the molecule is Cc1ccc(NC(=O)N2C3CCC2C(C(=O)O)C3)cn1. The van der Waals surface area contributed by atoms with Crippen LogP contribution in [0.25, 0.3) is 0 Å². The Bertz CT molecular complexity index is 543. The Morgan fingerprint density at radius 2 is 2.20 bits per heavy atom. The van der Waals surface area contributed by atoms with Crippen molar-refractivity contribution in [2.24, 2.45) is 5.92 Å². The summed E-state index contributed by atoms with van der Waals surface area (Å²) in [4.78, 5) is 29.3. The third kappa shape index (κ3) is 2.11. The first-order valence-electron chi connectivity index (χ1n) is 6.81. The van der Waals surface area contributed by atoms with Crippen molar-refractivity contribution in [3.8, 4) is 0 Å². The molecule has 2 aliphatic rings. The predicted octanol–water partition coefficient (Wildman–Crippen LogP) is 1.86. The van der Waals surface area contributed by atoms with Gasteiger partial charge in [0.05, 0.1) is 17.8 Å². The fourth-order valence-corrected chi connectivity index (χ4v) is 3.30. The summed E-state index contributed by atoms with van der Waals surface area (Å²) in [5.74, 6) is -1.22. The van der Waals surface area contributed by atoms with Crippen LogP contribution in [0.15, 0.2) is 18.3 Å². The molecule has 3 atom stereocenters. The number of aromatic nitrogens is 1. The van der Waals surface area contributed by atoms with E-state index in [-0.39, 0.29) is 18.1 Å². The van der Waals surface area contributed by atoms with Gasteiger partial charge in [0.2, 0.25) is 0 Å². The second-order valence-corrected chi connectivity index (χ2v) is 5.50. The minimum absolute atomic E-state index is 0.0551. The first kappa shape index (κ1) is 12.9. The number of aliphatic carboxylic acids is 1. The molecule has 3 unspecified atom stereocenters. The molecule has 6 nitrogen and oxygen atoms in total. The summed E-state index contributed by atoms with van der Waals surface area (Å²) in [7, 11) is 0. The third-order valence-electron chi connectivity index (χ3n) is 4.25. The number of fused-ring (bicyclic) bond motifs is 2. The molecular formula is C14H17N3O3. The Balaban J connectivity index is 1.72. The molecule has 1 aromatic heterocycles. The van der Waals surface area contributed by atoms with Crippen LogP contribution in [0, 0.1) is 12.8 Å². The smallest absolute Gasteiger partial charge is 0.322 e. The number of carboxylic acid groups (broad SMARTS) is 1. The van der Waals surface area contributed by atoms with Crippen LogP contribution in [-0.2, 0) is 4.79 Å². The van der Waals surface area contributed by atoms with Gasteiger partial charge in [-0.25, -0.2) is 4.79 Å². The summed E-state index contributed by atoms with van der Waals surface area (Å²) in [6.45, 7) is 1.88. The number of rotatable bonds is 2. The molecule has 2 aliphatic heterocycles. The van der Waals surface area contributed by atoms with E-state index < -0.39 is 11.9 Å². The van der Waals surface area contributed by atoms with E-state index in [1.54, 1.807) is 17.2 Å². The van der Waals surface area contributed by atoms with Crippen LogP contribution in [0.5, 0.6) is 0 Å². The molecule has 2 fully saturated rings. The molecule has 0 radical (unpaired) electrons. The van der Waals surface area contributed by atoms with Crippen molar-refractivity contribution >= 4 is 17.7 Å². The van der Waals surface area contributed by atoms with Crippen LogP contribution >= 0.6 is 0 Å². The number of nitrogens with one attached hydrogen (secondary N) is 1. The molecule has 6 heteroatoms. The van der Waals surface area contributed by atoms with Crippen molar-refractivity contribution < 1.29 is 14.7 Å². The van der Waals surface area contributed by atoms with E-state index in [0.29, 0.717) is 12.1 Å². The summed E-state index contributed by atoms with van der Waals surface area (Å²) in [6.07, 6.45) is 3.86. The summed E-state index contributed by atoms with van der Waals surface area (Å²) in [6, 6.07) is 3.29. The van der Waals surface area contributed by atoms with Gasteiger partial charge in [0, 0.05) is 17.8 Å². The van der Waals surface area contributed by atoms with Crippen LogP contribution in [0.3, 0.4) is 0 Å². The Hall–Kier alpha value is -2.11. The number of nitrogens with zero attached hydrogens (tertiary/aromatic N) is 2. The van der Waals surface area contributed by atoms with Crippen molar-refractivity contribution in [2.75, 3.05) is 5.32 Å².